The maximum Gasteiger partial charge on any atom is 0.224 e. The van der Waals surface area contributed by atoms with Crippen LogP contribution in [0.3, 0.4) is 0 Å². The molecule has 7 heteroatoms. The van der Waals surface area contributed by atoms with Gasteiger partial charge in [0, 0.05) is 44.0 Å². The molecule has 1 unspecified atom stereocenters. The molecule has 0 aromatic carbocycles. The third-order valence-corrected chi connectivity index (χ3v) is 4.38. The summed E-state index contributed by atoms with van der Waals surface area (Å²) in [7, 11) is 0. The summed E-state index contributed by atoms with van der Waals surface area (Å²) in [5.41, 5.74) is 0.835. The number of aromatic nitrogens is 4. The zero-order valence-corrected chi connectivity index (χ0v) is 15.1. The monoisotopic (exact) mass is 343 g/mol. The molecule has 0 bridgehead atoms. The lowest BCUT2D eigenvalue weighted by Crippen LogP contribution is -2.42. The van der Waals surface area contributed by atoms with Crippen LogP contribution in [0.1, 0.15) is 49.6 Å². The fourth-order valence-electron chi connectivity index (χ4n) is 3.09. The maximum absolute atomic E-state index is 12.6. The van der Waals surface area contributed by atoms with Gasteiger partial charge in [-0.15, -0.1) is 0 Å². The zero-order valence-electron chi connectivity index (χ0n) is 15.1. The largest absolute Gasteiger partial charge is 0.368 e. The zero-order chi connectivity index (χ0) is 17.8. The third kappa shape index (κ3) is 4.22. The molecule has 2 aromatic rings. The van der Waals surface area contributed by atoms with Crippen LogP contribution in [0, 0.1) is 6.92 Å². The van der Waals surface area contributed by atoms with Crippen molar-refractivity contribution >= 4 is 5.91 Å². The van der Waals surface area contributed by atoms with Crippen LogP contribution in [0.2, 0.25) is 0 Å². The summed E-state index contributed by atoms with van der Waals surface area (Å²) in [5, 5.41) is 0. The number of morpholine rings is 1. The quantitative estimate of drug-likeness (QED) is 0.831. The van der Waals surface area contributed by atoms with Crippen LogP contribution in [0.15, 0.2) is 24.7 Å². The number of imidazole rings is 1. The summed E-state index contributed by atoms with van der Waals surface area (Å²) in [6, 6.07) is 1.85. The van der Waals surface area contributed by atoms with Gasteiger partial charge in [-0.25, -0.2) is 15.0 Å². The predicted molar refractivity (Wildman–Crippen MR) is 93.0 cm³/mol. The van der Waals surface area contributed by atoms with Crippen LogP contribution in [-0.4, -0.2) is 50.0 Å². The van der Waals surface area contributed by atoms with Crippen molar-refractivity contribution in [2.45, 2.75) is 45.8 Å². The number of ether oxygens (including phenoxy) is 1. The fraction of sp³-hybridized carbons (Fsp3) is 0.556. The van der Waals surface area contributed by atoms with Gasteiger partial charge in [-0.3, -0.25) is 4.79 Å². The van der Waals surface area contributed by atoms with Gasteiger partial charge in [-0.1, -0.05) is 13.8 Å². The molecular weight excluding hydrogens is 318 g/mol. The van der Waals surface area contributed by atoms with Gasteiger partial charge < -0.3 is 14.2 Å². The van der Waals surface area contributed by atoms with E-state index in [1.165, 1.54) is 0 Å². The van der Waals surface area contributed by atoms with Gasteiger partial charge in [0.05, 0.1) is 18.8 Å². The second kappa shape index (κ2) is 7.74. The summed E-state index contributed by atoms with van der Waals surface area (Å²) in [6.45, 7) is 8.42. The minimum Gasteiger partial charge on any atom is -0.368 e. The molecule has 1 atom stereocenters. The second-order valence-electron chi connectivity index (χ2n) is 6.61. The molecule has 3 rings (SSSR count). The Labute approximate surface area is 148 Å². The molecular formula is C18H25N5O2. The Kier molecular flexibility index (Phi) is 5.43. The molecule has 25 heavy (non-hydrogen) atoms. The summed E-state index contributed by atoms with van der Waals surface area (Å²) in [6.07, 6.45) is 5.75. The smallest absolute Gasteiger partial charge is 0.224 e. The van der Waals surface area contributed by atoms with E-state index >= 15 is 0 Å². The lowest BCUT2D eigenvalue weighted by molar-refractivity contribution is -0.139. The Morgan fingerprint density at radius 1 is 1.36 bits per heavy atom. The molecule has 3 heterocycles. The molecule has 2 aromatic heterocycles. The van der Waals surface area contributed by atoms with Crippen molar-refractivity contribution in [3.63, 3.8) is 0 Å². The lowest BCUT2D eigenvalue weighted by Gasteiger charge is -2.32. The van der Waals surface area contributed by atoms with E-state index in [0.717, 1.165) is 11.5 Å². The minimum atomic E-state index is -0.182. The molecule has 0 saturated carbocycles. The van der Waals surface area contributed by atoms with Crippen molar-refractivity contribution in [1.29, 1.82) is 0 Å². The topological polar surface area (TPSA) is 73.1 Å². The van der Waals surface area contributed by atoms with Crippen LogP contribution in [0.4, 0.5) is 0 Å². The first-order chi connectivity index (χ1) is 12.0. The second-order valence-corrected chi connectivity index (χ2v) is 6.61. The van der Waals surface area contributed by atoms with Gasteiger partial charge >= 0.3 is 0 Å². The highest BCUT2D eigenvalue weighted by molar-refractivity contribution is 5.76. The first-order valence-electron chi connectivity index (χ1n) is 8.74. The number of amides is 1. The van der Waals surface area contributed by atoms with Crippen LogP contribution in [-0.2, 0) is 16.1 Å². The van der Waals surface area contributed by atoms with Gasteiger partial charge in [0.25, 0.3) is 0 Å². The van der Waals surface area contributed by atoms with E-state index in [2.05, 4.69) is 33.4 Å². The fourth-order valence-corrected chi connectivity index (χ4v) is 3.09. The van der Waals surface area contributed by atoms with Gasteiger partial charge in [0.15, 0.2) is 0 Å². The highest BCUT2D eigenvalue weighted by atomic mass is 16.5. The van der Waals surface area contributed by atoms with Gasteiger partial charge in [-0.05, 0) is 13.0 Å². The number of carbonyl (C=O) groups excluding carboxylic acids is 1. The highest BCUT2D eigenvalue weighted by Gasteiger charge is 2.26. The number of rotatable bonds is 5. The SMILES string of the molecule is Cc1nccc(C2CN(C(=O)CCn3ccnc3C(C)C)CCO2)n1. The molecule has 1 amide bonds. The number of aryl methyl sites for hydroxylation is 2. The summed E-state index contributed by atoms with van der Waals surface area (Å²) in [4.78, 5) is 27.4. The molecule has 0 radical (unpaired) electrons. The molecule has 0 N–H and O–H groups in total. The molecule has 1 aliphatic heterocycles. The third-order valence-electron chi connectivity index (χ3n) is 4.38. The van der Waals surface area contributed by atoms with E-state index in [4.69, 9.17) is 4.74 Å². The summed E-state index contributed by atoms with van der Waals surface area (Å²) >= 11 is 0. The highest BCUT2D eigenvalue weighted by Crippen LogP contribution is 2.21. The van der Waals surface area contributed by atoms with Crippen molar-refractivity contribution in [2.24, 2.45) is 0 Å². The normalized spacial score (nSPS) is 17.9. The molecule has 1 fully saturated rings. The number of hydrogen-bond donors (Lipinski definition) is 0. The Bertz CT molecular complexity index is 728. The Morgan fingerprint density at radius 3 is 2.96 bits per heavy atom. The van der Waals surface area contributed by atoms with Crippen molar-refractivity contribution < 1.29 is 9.53 Å². The first-order valence-corrected chi connectivity index (χ1v) is 8.74. The van der Waals surface area contributed by atoms with Crippen molar-refractivity contribution in [2.75, 3.05) is 19.7 Å². The average molecular weight is 343 g/mol. The predicted octanol–water partition coefficient (Wildman–Crippen LogP) is 2.10. The standard InChI is InChI=1S/C18H25N5O2/c1-13(2)18-20-7-9-22(18)8-5-17(24)23-10-11-25-16(12-23)15-4-6-19-14(3)21-15/h4,6-7,9,13,16H,5,8,10-12H2,1-3H3. The van der Waals surface area contributed by atoms with Crippen LogP contribution < -0.4 is 0 Å². The summed E-state index contributed by atoms with van der Waals surface area (Å²) in [5.74, 6) is 2.22. The van der Waals surface area contributed by atoms with E-state index < -0.39 is 0 Å². The van der Waals surface area contributed by atoms with E-state index in [1.807, 2.05) is 24.1 Å². The average Bonchev–Trinajstić information content (AvgIpc) is 3.09. The van der Waals surface area contributed by atoms with Crippen LogP contribution in [0.5, 0.6) is 0 Å². The van der Waals surface area contributed by atoms with Gasteiger partial charge in [-0.2, -0.15) is 0 Å². The van der Waals surface area contributed by atoms with E-state index in [0.29, 0.717) is 44.4 Å². The van der Waals surface area contributed by atoms with E-state index in [-0.39, 0.29) is 12.0 Å². The Morgan fingerprint density at radius 2 is 2.20 bits per heavy atom. The van der Waals surface area contributed by atoms with E-state index in [1.54, 1.807) is 12.4 Å². The van der Waals surface area contributed by atoms with Crippen LogP contribution >= 0.6 is 0 Å². The Hall–Kier alpha value is -2.28. The van der Waals surface area contributed by atoms with Crippen LogP contribution in [0.25, 0.3) is 0 Å². The van der Waals surface area contributed by atoms with Crippen molar-refractivity contribution in [3.8, 4) is 0 Å². The molecule has 7 nitrogen and oxygen atoms in total. The number of carbonyl (C=O) groups is 1. The lowest BCUT2D eigenvalue weighted by atomic mass is 10.2. The van der Waals surface area contributed by atoms with Gasteiger partial charge in [0.2, 0.25) is 5.91 Å². The first kappa shape index (κ1) is 17.5. The van der Waals surface area contributed by atoms with Gasteiger partial charge in [0.1, 0.15) is 17.8 Å². The van der Waals surface area contributed by atoms with Crippen molar-refractivity contribution in [3.05, 3.63) is 42.0 Å². The molecule has 1 aliphatic rings. The number of hydrogen-bond acceptors (Lipinski definition) is 5. The van der Waals surface area contributed by atoms with Crippen molar-refractivity contribution in [1.82, 2.24) is 24.4 Å². The maximum atomic E-state index is 12.6. The molecule has 134 valence electrons. The minimum absolute atomic E-state index is 0.141. The molecule has 0 aliphatic carbocycles. The summed E-state index contributed by atoms with van der Waals surface area (Å²) < 4.78 is 7.86. The molecule has 1 saturated heterocycles. The Balaban J connectivity index is 1.59. The molecule has 0 spiro atoms. The number of nitrogens with zero attached hydrogens (tertiary/aromatic N) is 5. The van der Waals surface area contributed by atoms with E-state index in [9.17, 15) is 4.79 Å².